The van der Waals surface area contributed by atoms with Crippen molar-refractivity contribution in [2.75, 3.05) is 20.8 Å². The summed E-state index contributed by atoms with van der Waals surface area (Å²) in [5, 5.41) is 2.29. The Morgan fingerprint density at radius 1 is 1.07 bits per heavy atom. The van der Waals surface area contributed by atoms with Crippen LogP contribution >= 0.6 is 0 Å². The highest BCUT2D eigenvalue weighted by Crippen LogP contribution is 2.36. The predicted molar refractivity (Wildman–Crippen MR) is 114 cm³/mol. The van der Waals surface area contributed by atoms with Gasteiger partial charge in [-0.25, -0.2) is 4.79 Å². The molecule has 2 aromatic carbocycles. The number of benzene rings is 2. The Morgan fingerprint density at radius 2 is 1.93 bits per heavy atom. The molecule has 1 aliphatic carbocycles. The Kier molecular flexibility index (Phi) is 5.58. The van der Waals surface area contributed by atoms with Gasteiger partial charge in [0.15, 0.2) is 11.5 Å². The normalized spacial score (nSPS) is 19.0. The zero-order chi connectivity index (χ0) is 20.4. The summed E-state index contributed by atoms with van der Waals surface area (Å²) in [7, 11) is 3.34. The van der Waals surface area contributed by atoms with Crippen LogP contribution in [0.2, 0.25) is 0 Å². The van der Waals surface area contributed by atoms with Crippen molar-refractivity contribution in [3.05, 3.63) is 58.5 Å². The Labute approximate surface area is 169 Å². The van der Waals surface area contributed by atoms with E-state index in [0.717, 1.165) is 35.6 Å². The Morgan fingerprint density at radius 3 is 2.69 bits per heavy atom. The molecule has 0 saturated carbocycles. The van der Waals surface area contributed by atoms with Crippen LogP contribution in [-0.4, -0.2) is 26.9 Å². The molecule has 0 spiro atoms. The van der Waals surface area contributed by atoms with Crippen LogP contribution in [0, 0.1) is 5.92 Å². The minimum atomic E-state index is -0.334. The summed E-state index contributed by atoms with van der Waals surface area (Å²) in [6.07, 6.45) is 7.10. The zero-order valence-corrected chi connectivity index (χ0v) is 17.1. The molecule has 0 bridgehead atoms. The fourth-order valence-electron chi connectivity index (χ4n) is 3.92. The summed E-state index contributed by atoms with van der Waals surface area (Å²) < 4.78 is 22.7. The number of rotatable bonds is 6. The summed E-state index contributed by atoms with van der Waals surface area (Å²) in [6.45, 7) is 2.61. The van der Waals surface area contributed by atoms with Crippen molar-refractivity contribution in [1.29, 1.82) is 0 Å². The summed E-state index contributed by atoms with van der Waals surface area (Å²) in [5.41, 5.74) is 1.27. The van der Waals surface area contributed by atoms with Crippen LogP contribution in [0.3, 0.4) is 0 Å². The summed E-state index contributed by atoms with van der Waals surface area (Å²) in [6, 6.07) is 9.57. The molecule has 29 heavy (non-hydrogen) atoms. The molecule has 152 valence electrons. The van der Waals surface area contributed by atoms with Gasteiger partial charge in [0.1, 0.15) is 5.58 Å². The number of hydrogen-bond donors (Lipinski definition) is 0. The fraction of sp³-hybridized carbons (Fsp3) is 0.375. The van der Waals surface area contributed by atoms with E-state index in [1.807, 2.05) is 24.3 Å². The first-order valence-electron chi connectivity index (χ1n) is 10.0. The van der Waals surface area contributed by atoms with Crippen molar-refractivity contribution in [3.8, 4) is 11.5 Å². The Balaban J connectivity index is 1.69. The molecule has 1 aromatic heterocycles. The lowest BCUT2D eigenvalue weighted by molar-refractivity contribution is 0.0971. The molecule has 0 fully saturated rings. The van der Waals surface area contributed by atoms with Crippen LogP contribution in [0.15, 0.2) is 51.7 Å². The van der Waals surface area contributed by atoms with Gasteiger partial charge in [0, 0.05) is 23.9 Å². The van der Waals surface area contributed by atoms with E-state index in [-0.39, 0.29) is 11.7 Å². The number of methoxy groups -OCH3 is 2. The molecule has 0 aliphatic heterocycles. The number of hydrogen-bond acceptors (Lipinski definition) is 5. The second kappa shape index (κ2) is 8.29. The first-order valence-corrected chi connectivity index (χ1v) is 10.0. The second-order valence-electron chi connectivity index (χ2n) is 7.47. The van der Waals surface area contributed by atoms with Crippen LogP contribution in [0.25, 0.3) is 21.7 Å². The van der Waals surface area contributed by atoms with Gasteiger partial charge in [-0.05, 0) is 42.9 Å². The van der Waals surface area contributed by atoms with Gasteiger partial charge in [0.25, 0.3) is 0 Å². The Hall–Kier alpha value is -2.79. The number of fused-ring (bicyclic) bond motifs is 3. The van der Waals surface area contributed by atoms with E-state index < -0.39 is 0 Å². The Bertz CT molecular complexity index is 1110. The molecular formula is C24H26O5. The third-order valence-corrected chi connectivity index (χ3v) is 5.63. The van der Waals surface area contributed by atoms with Gasteiger partial charge in [0.05, 0.1) is 25.2 Å². The molecule has 0 N–H and O–H groups in total. The monoisotopic (exact) mass is 394 g/mol. The van der Waals surface area contributed by atoms with Crippen LogP contribution in [-0.2, 0) is 11.2 Å². The summed E-state index contributed by atoms with van der Waals surface area (Å²) >= 11 is 0. The zero-order valence-electron chi connectivity index (χ0n) is 17.1. The molecule has 0 radical (unpaired) electrons. The van der Waals surface area contributed by atoms with Gasteiger partial charge in [-0.15, -0.1) is 0 Å². The average Bonchev–Trinajstić information content (AvgIpc) is 2.77. The molecule has 4 rings (SSSR count). The van der Waals surface area contributed by atoms with Crippen molar-refractivity contribution in [2.45, 2.75) is 32.3 Å². The van der Waals surface area contributed by atoms with Gasteiger partial charge >= 0.3 is 5.63 Å². The molecule has 1 aliphatic rings. The second-order valence-corrected chi connectivity index (χ2v) is 7.47. The number of allylic oxidation sites excluding steroid dienone is 1. The molecule has 5 nitrogen and oxygen atoms in total. The maximum absolute atomic E-state index is 12.5. The predicted octanol–water partition coefficient (Wildman–Crippen LogP) is 4.88. The average molecular weight is 394 g/mol. The van der Waals surface area contributed by atoms with E-state index in [4.69, 9.17) is 18.6 Å². The number of aryl methyl sites for hydroxylation is 1. The van der Waals surface area contributed by atoms with Gasteiger partial charge in [-0.2, -0.15) is 0 Å². The molecule has 0 amide bonds. The smallest absolute Gasteiger partial charge is 0.344 e. The maximum atomic E-state index is 12.5. The van der Waals surface area contributed by atoms with Crippen molar-refractivity contribution >= 4 is 21.7 Å². The molecule has 1 heterocycles. The van der Waals surface area contributed by atoms with E-state index in [9.17, 15) is 4.79 Å². The molecule has 1 unspecified atom stereocenters. The SMILES string of the molecule is CCc1ccc2c(c1)c(=O)oc1cc(OC[C@@H]3CC=CC(OC)C3)c(OC)cc12. The molecular weight excluding hydrogens is 368 g/mol. The van der Waals surface area contributed by atoms with E-state index in [0.29, 0.717) is 35.0 Å². The third kappa shape index (κ3) is 3.87. The van der Waals surface area contributed by atoms with E-state index >= 15 is 0 Å². The largest absolute Gasteiger partial charge is 0.493 e. The van der Waals surface area contributed by atoms with E-state index in [1.165, 1.54) is 0 Å². The van der Waals surface area contributed by atoms with Crippen molar-refractivity contribution in [1.82, 2.24) is 0 Å². The highest BCUT2D eigenvalue weighted by atomic mass is 16.5. The van der Waals surface area contributed by atoms with Gasteiger partial charge in [0.2, 0.25) is 0 Å². The fourth-order valence-corrected chi connectivity index (χ4v) is 3.92. The lowest BCUT2D eigenvalue weighted by Gasteiger charge is -2.24. The van der Waals surface area contributed by atoms with Crippen LogP contribution in [0.5, 0.6) is 11.5 Å². The van der Waals surface area contributed by atoms with Crippen LogP contribution < -0.4 is 15.1 Å². The van der Waals surface area contributed by atoms with E-state index in [1.54, 1.807) is 20.3 Å². The van der Waals surface area contributed by atoms with Gasteiger partial charge in [-0.3, -0.25) is 0 Å². The minimum absolute atomic E-state index is 0.133. The maximum Gasteiger partial charge on any atom is 0.344 e. The van der Waals surface area contributed by atoms with Gasteiger partial charge < -0.3 is 18.6 Å². The molecule has 5 heteroatoms. The summed E-state index contributed by atoms with van der Waals surface area (Å²) in [4.78, 5) is 12.5. The molecule has 3 aromatic rings. The standard InChI is InChI=1S/C24H26O5/c1-4-15-8-9-18-19-12-22(27-3)23(13-21(19)29-24(25)20(18)11-15)28-14-16-6-5-7-17(10-16)26-2/h5,7-9,11-13,16-17H,4,6,10,14H2,1-3H3/t16-,17?/m1/s1. The molecule has 2 atom stereocenters. The lowest BCUT2D eigenvalue weighted by Crippen LogP contribution is -2.22. The molecule has 0 saturated heterocycles. The van der Waals surface area contributed by atoms with E-state index in [2.05, 4.69) is 19.1 Å². The first kappa shape index (κ1) is 19.5. The summed E-state index contributed by atoms with van der Waals surface area (Å²) in [5.74, 6) is 1.57. The van der Waals surface area contributed by atoms with Crippen molar-refractivity contribution in [2.24, 2.45) is 5.92 Å². The minimum Gasteiger partial charge on any atom is -0.493 e. The van der Waals surface area contributed by atoms with Crippen molar-refractivity contribution < 1.29 is 18.6 Å². The van der Waals surface area contributed by atoms with Crippen LogP contribution in [0.1, 0.15) is 25.3 Å². The number of ether oxygens (including phenoxy) is 3. The topological polar surface area (TPSA) is 57.9 Å². The highest BCUT2D eigenvalue weighted by molar-refractivity contribution is 6.05. The quantitative estimate of drug-likeness (QED) is 0.339. The lowest BCUT2D eigenvalue weighted by atomic mass is 9.93. The van der Waals surface area contributed by atoms with Crippen LogP contribution in [0.4, 0.5) is 0 Å². The first-order chi connectivity index (χ1) is 14.1. The highest BCUT2D eigenvalue weighted by Gasteiger charge is 2.20. The van der Waals surface area contributed by atoms with Gasteiger partial charge in [-0.1, -0.05) is 31.2 Å². The third-order valence-electron chi connectivity index (χ3n) is 5.63. The van der Waals surface area contributed by atoms with Crippen molar-refractivity contribution in [3.63, 3.8) is 0 Å².